The number of carbonyl (C=O) groups is 4. The molecule has 8 N–H and O–H groups in total. The highest BCUT2D eigenvalue weighted by Crippen LogP contribution is 2.36. The van der Waals surface area contributed by atoms with Crippen LogP contribution in [0.1, 0.15) is 52.8 Å². The van der Waals surface area contributed by atoms with Gasteiger partial charge in [-0.05, 0) is 235 Å². The van der Waals surface area contributed by atoms with Crippen molar-refractivity contribution >= 4 is 116 Å². The number of carbonyl (C=O) groups excluding carboxylic acids is 4. The van der Waals surface area contributed by atoms with E-state index >= 15 is 0 Å². The summed E-state index contributed by atoms with van der Waals surface area (Å²) in [6.45, 7) is 9.10. The molecule has 0 aliphatic carbocycles. The van der Waals surface area contributed by atoms with Crippen molar-refractivity contribution in [2.45, 2.75) is 66.4 Å². The third kappa shape index (κ3) is 26.1. The maximum Gasteiger partial charge on any atom is 0.332 e. The Morgan fingerprint density at radius 1 is 0.308 bits per heavy atom. The molecule has 0 bridgehead atoms. The molecule has 4 amide bonds. The third-order valence-corrected chi connectivity index (χ3v) is 22.2. The average Bonchev–Trinajstić information content (AvgIpc) is 0.803. The predicted molar refractivity (Wildman–Crippen MR) is 528 cm³/mol. The molecule has 0 radical (unpaired) electrons. The SMILES string of the molecule is CC(C)Oc1ccc(-c2cccc(CC(=O)Nc3ccc(-n4ccc(=O)[nH]c4=O)cc3)c2)cc1Cl.Cc1ccc(-c2cccc(CC(=O)Nc3ccc(-n4cc(C)c(=O)[nH]c4=O)cc3)c2)cc1Cl.Cc1cn(-c2ccc(NC(=O)Cc3cccc(-c4ccc(Cl)cc4Cl)c3)cc2)c(=O)[nH]c1=O.O=C(Cc1cccc(-c2ccc(Cl)cc2Cl)c1)Nc1ccc(-n2ccc(=O)[nH]c2=O)cc1. The number of aryl methyl sites for hydroxylation is 3. The molecule has 0 unspecified atom stereocenters. The van der Waals surface area contributed by atoms with Gasteiger partial charge in [0.25, 0.3) is 22.2 Å². The highest BCUT2D eigenvalue weighted by molar-refractivity contribution is 6.37. The van der Waals surface area contributed by atoms with Crippen LogP contribution in [-0.2, 0) is 44.9 Å². The number of rotatable bonds is 22. The van der Waals surface area contributed by atoms with Crippen molar-refractivity contribution in [3.05, 3.63) is 456 Å². The van der Waals surface area contributed by atoms with Crippen LogP contribution in [0.4, 0.5) is 22.7 Å². The first-order valence-electron chi connectivity index (χ1n) is 41.2. The molecule has 670 valence electrons. The Kier molecular flexibility index (Phi) is 31.5. The van der Waals surface area contributed by atoms with Gasteiger partial charge in [-0.15, -0.1) is 0 Å². The van der Waals surface area contributed by atoms with E-state index in [2.05, 4.69) is 41.2 Å². The predicted octanol–water partition coefficient (Wildman–Crippen LogP) is 19.1. The number of nitrogens with one attached hydrogen (secondary N) is 8. The molecule has 16 rings (SSSR count). The molecule has 0 aliphatic rings. The second kappa shape index (κ2) is 43.9. The monoisotopic (exact) mass is 1890 g/mol. The average molecular weight is 1900 g/mol. The molecule has 31 heteroatoms. The number of hydrogen-bond acceptors (Lipinski definition) is 13. The van der Waals surface area contributed by atoms with Crippen LogP contribution in [-0.4, -0.2) is 67.9 Å². The van der Waals surface area contributed by atoms with Gasteiger partial charge in [0.1, 0.15) is 5.75 Å². The van der Waals surface area contributed by atoms with Crippen LogP contribution in [0.5, 0.6) is 5.75 Å². The van der Waals surface area contributed by atoms with Crippen LogP contribution in [0.2, 0.25) is 30.1 Å². The van der Waals surface area contributed by atoms with E-state index in [1.54, 1.807) is 135 Å². The van der Waals surface area contributed by atoms with Crippen LogP contribution >= 0.6 is 69.6 Å². The molecule has 25 nitrogen and oxygen atoms in total. The van der Waals surface area contributed by atoms with Gasteiger partial charge in [0, 0.05) is 107 Å². The first-order chi connectivity index (χ1) is 63.8. The third-order valence-electron chi connectivity index (χ3n) is 20.4. The van der Waals surface area contributed by atoms with Crippen molar-refractivity contribution in [1.29, 1.82) is 0 Å². The van der Waals surface area contributed by atoms with Gasteiger partial charge in [0.15, 0.2) is 0 Å². The molecular formula is C102H82Cl6N12O13. The molecule has 16 aromatic rings. The summed E-state index contributed by atoms with van der Waals surface area (Å²) in [7, 11) is 0. The number of aromatic amines is 4. The molecule has 0 saturated heterocycles. The Hall–Kier alpha value is -15.2. The minimum Gasteiger partial charge on any atom is -0.489 e. The first-order valence-corrected chi connectivity index (χ1v) is 43.4. The van der Waals surface area contributed by atoms with Gasteiger partial charge in [-0.1, -0.05) is 197 Å². The Bertz CT molecular complexity index is 7580. The van der Waals surface area contributed by atoms with Crippen LogP contribution in [0.3, 0.4) is 0 Å². The van der Waals surface area contributed by atoms with Gasteiger partial charge in [0.2, 0.25) is 23.6 Å². The number of aromatic nitrogens is 8. The smallest absolute Gasteiger partial charge is 0.332 e. The second-order valence-electron chi connectivity index (χ2n) is 30.8. The number of H-pyrrole nitrogens is 4. The lowest BCUT2D eigenvalue weighted by Crippen LogP contribution is -2.29. The molecule has 4 aromatic heterocycles. The zero-order valence-corrected chi connectivity index (χ0v) is 76.2. The summed E-state index contributed by atoms with van der Waals surface area (Å²) in [6, 6.07) is 82.5. The van der Waals surface area contributed by atoms with E-state index in [4.69, 9.17) is 74.3 Å². The molecular weight excluding hydrogens is 1810 g/mol. The fraction of sp³-hybridized carbons (Fsp3) is 0.0980. The quantitative estimate of drug-likeness (QED) is 0.0313. The zero-order valence-electron chi connectivity index (χ0n) is 71.6. The summed E-state index contributed by atoms with van der Waals surface area (Å²) in [4.78, 5) is 153. The summed E-state index contributed by atoms with van der Waals surface area (Å²) in [5.74, 6) is -0.0522. The number of nitrogens with zero attached hydrogens (tertiary/aromatic N) is 4. The molecule has 4 heterocycles. The topological polar surface area (TPSA) is 345 Å². The van der Waals surface area contributed by atoms with Crippen molar-refractivity contribution in [2.75, 3.05) is 21.3 Å². The maximum absolute atomic E-state index is 12.6. The minimum absolute atomic E-state index is 0.0307. The van der Waals surface area contributed by atoms with E-state index in [-0.39, 0.29) is 55.4 Å². The van der Waals surface area contributed by atoms with Crippen LogP contribution in [0.15, 0.2) is 342 Å². The highest BCUT2D eigenvalue weighted by atomic mass is 35.5. The van der Waals surface area contributed by atoms with Crippen molar-refractivity contribution in [2.24, 2.45) is 0 Å². The summed E-state index contributed by atoms with van der Waals surface area (Å²) in [5.41, 5.74) is 13.5. The molecule has 133 heavy (non-hydrogen) atoms. The van der Waals surface area contributed by atoms with E-state index in [0.29, 0.717) is 92.5 Å². The van der Waals surface area contributed by atoms with Crippen molar-refractivity contribution in [3.8, 4) is 73.0 Å². The fourth-order valence-electron chi connectivity index (χ4n) is 13.8. The first kappa shape index (κ1) is 95.4. The summed E-state index contributed by atoms with van der Waals surface area (Å²) < 4.78 is 11.0. The molecule has 0 atom stereocenters. The molecule has 0 spiro atoms. The maximum atomic E-state index is 12.6. The lowest BCUT2D eigenvalue weighted by Gasteiger charge is -2.13. The van der Waals surface area contributed by atoms with Gasteiger partial charge in [-0.2, -0.15) is 0 Å². The summed E-state index contributed by atoms with van der Waals surface area (Å²) in [6.07, 6.45) is 6.57. The number of anilines is 4. The number of hydrogen-bond donors (Lipinski definition) is 8. The van der Waals surface area contributed by atoms with E-state index in [0.717, 1.165) is 72.3 Å². The van der Waals surface area contributed by atoms with E-state index in [9.17, 15) is 57.5 Å². The standard InChI is InChI=1S/C27H24ClN3O4.C26H22ClN3O3.C25H19Cl2N3O3.C24H17Cl2N3O3/c1-17(2)35-24-11-6-20(16-23(24)28)19-5-3-4-18(14-19)15-26(33)29-21-7-9-22(10-8-21)31-13-12-25(32)30-27(31)34;1-16-6-7-20(14-23(16)27)19-5-3-4-18(12-19)13-24(31)28-21-8-10-22(11-9-21)30-15-17(2)25(32)29-26(30)33;1-15-14-30(25(33)29-24(15)32)20-8-6-19(7-9-20)28-23(31)12-16-3-2-4-17(11-16)21-10-5-18(26)13-22(21)27;25-17-4-9-20(21(26)14-17)16-3-1-2-15(12-16)13-23(31)27-18-5-7-19(8-6-18)29-11-10-22(30)28-24(29)32/h3-14,16-17H,15H2,1-2H3,(H,29,33)(H,30,32,34);3-12,14-15H,13H2,1-2H3,(H,28,31)(H,29,32,33);2-11,13-14H,12H2,1H3,(H,28,31)(H,29,32,33);1-12,14H,13H2,(H,27,31)(H,28,30,32). The molecule has 12 aromatic carbocycles. The number of ether oxygens (including phenoxy) is 1. The highest BCUT2D eigenvalue weighted by Gasteiger charge is 2.17. The molecule has 0 aliphatic heterocycles. The number of amides is 4. The normalized spacial score (nSPS) is 10.8. The van der Waals surface area contributed by atoms with E-state index < -0.39 is 45.0 Å². The zero-order chi connectivity index (χ0) is 94.7. The van der Waals surface area contributed by atoms with Crippen molar-refractivity contribution in [3.63, 3.8) is 0 Å². The van der Waals surface area contributed by atoms with E-state index in [1.165, 1.54) is 55.2 Å². The molecule has 0 saturated carbocycles. The van der Waals surface area contributed by atoms with E-state index in [1.807, 2.05) is 166 Å². The van der Waals surface area contributed by atoms with Crippen LogP contribution in [0, 0.1) is 20.8 Å². The molecule has 0 fully saturated rings. The lowest BCUT2D eigenvalue weighted by molar-refractivity contribution is -0.116. The van der Waals surface area contributed by atoms with Crippen LogP contribution < -0.4 is 71.0 Å². The Morgan fingerprint density at radius 2 is 0.617 bits per heavy atom. The van der Waals surface area contributed by atoms with Crippen LogP contribution in [0.25, 0.3) is 67.3 Å². The minimum atomic E-state index is -0.532. The van der Waals surface area contributed by atoms with Crippen molar-refractivity contribution < 1.29 is 23.9 Å². The Morgan fingerprint density at radius 3 is 0.940 bits per heavy atom. The van der Waals surface area contributed by atoms with Crippen molar-refractivity contribution in [1.82, 2.24) is 38.2 Å². The summed E-state index contributed by atoms with van der Waals surface area (Å²) in [5, 5.41) is 14.9. The summed E-state index contributed by atoms with van der Waals surface area (Å²) >= 11 is 37.2. The van der Waals surface area contributed by atoms with Gasteiger partial charge in [-0.3, -0.25) is 76.6 Å². The second-order valence-corrected chi connectivity index (χ2v) is 33.3. The number of halogens is 6. The van der Waals surface area contributed by atoms with Gasteiger partial charge in [0.05, 0.1) is 59.6 Å². The van der Waals surface area contributed by atoms with Gasteiger partial charge >= 0.3 is 22.8 Å². The van der Waals surface area contributed by atoms with Gasteiger partial charge in [-0.25, -0.2) is 19.2 Å². The number of benzene rings is 12. The Balaban J connectivity index is 0.000000151. The fourth-order valence-corrected chi connectivity index (χ4v) is 15.3. The lowest BCUT2D eigenvalue weighted by atomic mass is 10.0. The largest absolute Gasteiger partial charge is 0.489 e. The van der Waals surface area contributed by atoms with Gasteiger partial charge < -0.3 is 26.0 Å². The Labute approximate surface area is 789 Å².